The molecule has 140 valence electrons. The first-order valence-corrected chi connectivity index (χ1v) is 10.8. The van der Waals surface area contributed by atoms with Crippen molar-refractivity contribution in [1.82, 2.24) is 5.01 Å². The minimum atomic E-state index is -0.960. The number of allylic oxidation sites excluding steroid dienone is 1. The number of thiophene rings is 2. The lowest BCUT2D eigenvalue weighted by Crippen LogP contribution is -2.31. The summed E-state index contributed by atoms with van der Waals surface area (Å²) in [7, 11) is 0. The molecule has 2 aromatic heterocycles. The number of hydrogen-bond donors (Lipinski definition) is 1. The molecule has 0 spiro atoms. The zero-order valence-corrected chi connectivity index (χ0v) is 16.3. The van der Waals surface area contributed by atoms with Crippen molar-refractivity contribution in [2.24, 2.45) is 11.0 Å². The van der Waals surface area contributed by atoms with Crippen LogP contribution in [0.4, 0.5) is 0 Å². The third-order valence-corrected chi connectivity index (χ3v) is 6.77. The zero-order valence-electron chi connectivity index (χ0n) is 14.7. The van der Waals surface area contributed by atoms with Crippen LogP contribution in [0.1, 0.15) is 47.9 Å². The van der Waals surface area contributed by atoms with Crippen LogP contribution in [-0.4, -0.2) is 27.7 Å². The maximum absolute atomic E-state index is 12.8. The highest BCUT2D eigenvalue weighted by atomic mass is 32.1. The second-order valence-electron chi connectivity index (χ2n) is 6.76. The van der Waals surface area contributed by atoms with Crippen LogP contribution in [0.3, 0.4) is 0 Å². The molecule has 1 N–H and O–H groups in total. The Bertz CT molecular complexity index is 884. The van der Waals surface area contributed by atoms with E-state index < -0.39 is 5.97 Å². The predicted molar refractivity (Wildman–Crippen MR) is 108 cm³/mol. The smallest absolute Gasteiger partial charge is 0.303 e. The molecule has 0 radical (unpaired) electrons. The van der Waals surface area contributed by atoms with Crippen molar-refractivity contribution in [3.63, 3.8) is 0 Å². The lowest BCUT2D eigenvalue weighted by Gasteiger charge is -2.28. The Labute approximate surface area is 165 Å². The molecule has 2 aliphatic rings. The average molecular weight is 401 g/mol. The monoisotopic (exact) mass is 400 g/mol. The highest BCUT2D eigenvalue weighted by Crippen LogP contribution is 2.45. The van der Waals surface area contributed by atoms with E-state index in [1.807, 2.05) is 23.6 Å². The molecule has 2 aromatic rings. The van der Waals surface area contributed by atoms with Gasteiger partial charge in [0.05, 0.1) is 18.2 Å². The van der Waals surface area contributed by atoms with Crippen molar-refractivity contribution in [2.75, 3.05) is 0 Å². The van der Waals surface area contributed by atoms with Crippen LogP contribution in [0.2, 0.25) is 0 Å². The molecule has 1 aliphatic carbocycles. The second kappa shape index (κ2) is 7.78. The summed E-state index contributed by atoms with van der Waals surface area (Å²) in [6, 6.07) is 8.03. The van der Waals surface area contributed by atoms with Crippen molar-refractivity contribution in [3.8, 4) is 0 Å². The van der Waals surface area contributed by atoms with Gasteiger partial charge in [0.25, 0.3) is 0 Å². The molecule has 1 aliphatic heterocycles. The van der Waals surface area contributed by atoms with Crippen LogP contribution in [0, 0.1) is 5.92 Å². The lowest BCUT2D eigenvalue weighted by molar-refractivity contribution is -0.141. The van der Waals surface area contributed by atoms with Crippen LogP contribution in [0.5, 0.6) is 0 Å². The van der Waals surface area contributed by atoms with Gasteiger partial charge in [0.2, 0.25) is 5.91 Å². The Morgan fingerprint density at radius 2 is 2.04 bits per heavy atom. The summed E-state index contributed by atoms with van der Waals surface area (Å²) in [4.78, 5) is 26.0. The number of hydrogen-bond acceptors (Lipinski definition) is 5. The van der Waals surface area contributed by atoms with Gasteiger partial charge in [-0.05, 0) is 53.8 Å². The normalized spacial score (nSPS) is 23.3. The van der Waals surface area contributed by atoms with E-state index in [9.17, 15) is 9.59 Å². The molecule has 3 heterocycles. The Hall–Kier alpha value is -2.25. The molecule has 5 nitrogen and oxygen atoms in total. The van der Waals surface area contributed by atoms with Crippen LogP contribution < -0.4 is 0 Å². The SMILES string of the molecule is O=C(O)CCC(=O)N1N=C2/C(=C\c3cccs3)CCC[C@H]2[C@H]1c1cccs1. The van der Waals surface area contributed by atoms with Gasteiger partial charge in [-0.2, -0.15) is 5.10 Å². The van der Waals surface area contributed by atoms with E-state index in [4.69, 9.17) is 10.2 Å². The van der Waals surface area contributed by atoms with Gasteiger partial charge in [-0.15, -0.1) is 22.7 Å². The highest BCUT2D eigenvalue weighted by molar-refractivity contribution is 7.11. The first-order chi connectivity index (χ1) is 13.1. The standard InChI is InChI=1S/C20H20N2O3S2/c23-17(8-9-18(24)25)22-20(16-7-3-11-27-16)15-6-1-4-13(19(15)21-22)12-14-5-2-10-26-14/h2-3,5,7,10-12,15,20H,1,4,6,8-9H2,(H,24,25)/b13-12-/t15-,20+/m1/s1. The molecule has 1 saturated carbocycles. The number of carbonyl (C=O) groups excluding carboxylic acids is 1. The third kappa shape index (κ3) is 3.75. The fraction of sp³-hybridized carbons (Fsp3) is 0.350. The maximum atomic E-state index is 12.8. The van der Waals surface area contributed by atoms with Crippen molar-refractivity contribution in [1.29, 1.82) is 0 Å². The van der Waals surface area contributed by atoms with E-state index in [2.05, 4.69) is 17.5 Å². The van der Waals surface area contributed by atoms with E-state index in [1.54, 1.807) is 27.7 Å². The van der Waals surface area contributed by atoms with Crippen molar-refractivity contribution in [2.45, 2.75) is 38.1 Å². The summed E-state index contributed by atoms with van der Waals surface area (Å²) in [6.45, 7) is 0. The van der Waals surface area contributed by atoms with Crippen molar-refractivity contribution >= 4 is 46.3 Å². The van der Waals surface area contributed by atoms with Gasteiger partial charge in [0.1, 0.15) is 0 Å². The number of carboxylic acids is 1. The Balaban J connectivity index is 1.68. The summed E-state index contributed by atoms with van der Waals surface area (Å²) >= 11 is 3.32. The number of rotatable bonds is 5. The lowest BCUT2D eigenvalue weighted by atomic mass is 9.79. The highest BCUT2D eigenvalue weighted by Gasteiger charge is 2.44. The molecule has 0 bridgehead atoms. The van der Waals surface area contributed by atoms with Gasteiger partial charge in [0, 0.05) is 22.1 Å². The predicted octanol–water partition coefficient (Wildman–Crippen LogP) is 4.80. The number of carbonyl (C=O) groups is 2. The van der Waals surface area contributed by atoms with Gasteiger partial charge in [-0.1, -0.05) is 12.1 Å². The maximum Gasteiger partial charge on any atom is 0.303 e. The van der Waals surface area contributed by atoms with Crippen molar-refractivity contribution < 1.29 is 14.7 Å². The minimum absolute atomic E-state index is 0.0231. The summed E-state index contributed by atoms with van der Waals surface area (Å²) in [6.07, 6.45) is 5.02. The molecule has 7 heteroatoms. The Morgan fingerprint density at radius 1 is 1.22 bits per heavy atom. The fourth-order valence-electron chi connectivity index (χ4n) is 3.82. The van der Waals surface area contributed by atoms with Gasteiger partial charge < -0.3 is 5.11 Å². The van der Waals surface area contributed by atoms with E-state index in [0.29, 0.717) is 0 Å². The van der Waals surface area contributed by atoms with Crippen LogP contribution in [0.25, 0.3) is 6.08 Å². The fourth-order valence-corrected chi connectivity index (χ4v) is 5.38. The van der Waals surface area contributed by atoms with Gasteiger partial charge >= 0.3 is 5.97 Å². The quantitative estimate of drug-likeness (QED) is 0.784. The van der Waals surface area contributed by atoms with Crippen LogP contribution in [-0.2, 0) is 9.59 Å². The van der Waals surface area contributed by atoms with Crippen LogP contribution in [0.15, 0.2) is 45.7 Å². The summed E-state index contributed by atoms with van der Waals surface area (Å²) in [5.74, 6) is -0.996. The molecule has 0 aromatic carbocycles. The Kier molecular flexibility index (Phi) is 5.22. The topological polar surface area (TPSA) is 70.0 Å². The number of fused-ring (bicyclic) bond motifs is 1. The van der Waals surface area contributed by atoms with E-state index in [-0.39, 0.29) is 30.7 Å². The zero-order chi connectivity index (χ0) is 18.8. The molecule has 1 fully saturated rings. The number of nitrogens with zero attached hydrogens (tertiary/aromatic N) is 2. The number of carboxylic acid groups (broad SMARTS) is 1. The van der Waals surface area contributed by atoms with E-state index in [0.717, 1.165) is 29.9 Å². The van der Waals surface area contributed by atoms with Crippen molar-refractivity contribution in [3.05, 3.63) is 50.4 Å². The summed E-state index contributed by atoms with van der Waals surface area (Å²) in [5, 5.41) is 19.3. The largest absolute Gasteiger partial charge is 0.481 e. The number of amides is 1. The first-order valence-electron chi connectivity index (χ1n) is 9.03. The minimum Gasteiger partial charge on any atom is -0.481 e. The number of hydrazone groups is 1. The summed E-state index contributed by atoms with van der Waals surface area (Å²) in [5.41, 5.74) is 2.19. The van der Waals surface area contributed by atoms with Gasteiger partial charge in [-0.3, -0.25) is 9.59 Å². The molecule has 0 saturated heterocycles. The second-order valence-corrected chi connectivity index (χ2v) is 8.72. The molecular formula is C20H20N2O3S2. The average Bonchev–Trinajstić information content (AvgIpc) is 3.39. The molecule has 0 unspecified atom stereocenters. The summed E-state index contributed by atoms with van der Waals surface area (Å²) < 4.78 is 0. The Morgan fingerprint density at radius 3 is 2.74 bits per heavy atom. The third-order valence-electron chi connectivity index (χ3n) is 5.00. The first kappa shape index (κ1) is 18.1. The molecule has 27 heavy (non-hydrogen) atoms. The van der Waals surface area contributed by atoms with Gasteiger partial charge in [-0.25, -0.2) is 5.01 Å². The molecule has 4 rings (SSSR count). The van der Waals surface area contributed by atoms with E-state index in [1.165, 1.54) is 10.5 Å². The number of aliphatic carboxylic acids is 1. The molecular weight excluding hydrogens is 380 g/mol. The van der Waals surface area contributed by atoms with E-state index >= 15 is 0 Å². The molecule has 1 amide bonds. The molecule has 2 atom stereocenters. The van der Waals surface area contributed by atoms with Gasteiger partial charge in [0.15, 0.2) is 0 Å². The van der Waals surface area contributed by atoms with Crippen LogP contribution >= 0.6 is 22.7 Å².